The molecular weight excluding hydrogens is 376 g/mol. The monoisotopic (exact) mass is 394 g/mol. The molecule has 0 spiro atoms. The van der Waals surface area contributed by atoms with Crippen molar-refractivity contribution in [2.75, 3.05) is 13.1 Å². The lowest BCUT2D eigenvalue weighted by Gasteiger charge is -2.20. The summed E-state index contributed by atoms with van der Waals surface area (Å²) in [4.78, 5) is 4.01. The van der Waals surface area contributed by atoms with E-state index in [9.17, 15) is 8.42 Å². The maximum Gasteiger partial charge on any atom is 0.246 e. The molecule has 7 heteroatoms. The summed E-state index contributed by atoms with van der Waals surface area (Å²) in [5, 5.41) is 0.0348. The summed E-state index contributed by atoms with van der Waals surface area (Å²) >= 11 is 9.24. The Labute approximate surface area is 140 Å². The van der Waals surface area contributed by atoms with Crippen molar-refractivity contribution in [3.63, 3.8) is 0 Å². The van der Waals surface area contributed by atoms with Gasteiger partial charge in [0.05, 0.1) is 0 Å². The van der Waals surface area contributed by atoms with E-state index in [1.165, 1.54) is 18.7 Å². The molecule has 118 valence electrons. The molecular formula is C14H20BrClN2O2S. The molecule has 0 bridgehead atoms. The van der Waals surface area contributed by atoms with Crippen LogP contribution in [0, 0.1) is 5.92 Å². The van der Waals surface area contributed by atoms with Crippen LogP contribution >= 0.6 is 27.5 Å². The second kappa shape index (κ2) is 7.40. The quantitative estimate of drug-likeness (QED) is 0.722. The van der Waals surface area contributed by atoms with Crippen LogP contribution in [-0.4, -0.2) is 30.8 Å². The largest absolute Gasteiger partial charge is 0.246 e. The zero-order chi connectivity index (χ0) is 15.5. The number of hydrogen-bond acceptors (Lipinski definition) is 3. The molecule has 0 N–H and O–H groups in total. The van der Waals surface area contributed by atoms with Crippen molar-refractivity contribution in [1.82, 2.24) is 9.29 Å². The molecule has 4 nitrogen and oxygen atoms in total. The lowest BCUT2D eigenvalue weighted by atomic mass is 9.96. The Kier molecular flexibility index (Phi) is 6.05. The molecule has 1 unspecified atom stereocenters. The third-order valence-corrected chi connectivity index (χ3v) is 6.65. The Bertz CT molecular complexity index is 595. The third-order valence-electron chi connectivity index (χ3n) is 3.89. The molecule has 1 aromatic rings. The van der Waals surface area contributed by atoms with Gasteiger partial charge in [0.25, 0.3) is 0 Å². The van der Waals surface area contributed by atoms with Crippen LogP contribution in [0.4, 0.5) is 0 Å². The molecule has 0 saturated carbocycles. The number of pyridine rings is 1. The SMILES string of the molecule is CCCC1CCCN(S(=O)(=O)c2cc(Br)cnc2Cl)CC1. The molecule has 0 radical (unpaired) electrons. The Balaban J connectivity index is 2.21. The molecule has 2 rings (SSSR count). The molecule has 2 heterocycles. The maximum absolute atomic E-state index is 12.8. The second-order valence-corrected chi connectivity index (χ2v) is 8.61. The van der Waals surface area contributed by atoms with Gasteiger partial charge in [0, 0.05) is 23.8 Å². The minimum absolute atomic E-state index is 0.0348. The summed E-state index contributed by atoms with van der Waals surface area (Å²) in [5.74, 6) is 0.631. The van der Waals surface area contributed by atoms with Crippen LogP contribution in [0.2, 0.25) is 5.15 Å². The van der Waals surface area contributed by atoms with Crippen LogP contribution in [0.1, 0.15) is 39.0 Å². The van der Waals surface area contributed by atoms with Crippen LogP contribution in [0.5, 0.6) is 0 Å². The van der Waals surface area contributed by atoms with Crippen LogP contribution in [0.15, 0.2) is 21.6 Å². The first-order valence-corrected chi connectivity index (χ1v) is 9.87. The summed E-state index contributed by atoms with van der Waals surface area (Å²) < 4.78 is 27.7. The first kappa shape index (κ1) is 17.2. The maximum atomic E-state index is 12.8. The van der Waals surface area contributed by atoms with E-state index in [0.717, 1.165) is 25.7 Å². The van der Waals surface area contributed by atoms with Crippen molar-refractivity contribution in [3.8, 4) is 0 Å². The average Bonchev–Trinajstić information content (AvgIpc) is 2.68. The van der Waals surface area contributed by atoms with E-state index in [4.69, 9.17) is 11.6 Å². The van der Waals surface area contributed by atoms with E-state index >= 15 is 0 Å². The molecule has 1 aromatic heterocycles. The fraction of sp³-hybridized carbons (Fsp3) is 0.643. The van der Waals surface area contributed by atoms with E-state index < -0.39 is 10.0 Å². The van der Waals surface area contributed by atoms with Crippen LogP contribution < -0.4 is 0 Å². The van der Waals surface area contributed by atoms with Gasteiger partial charge in [0.15, 0.2) is 0 Å². The molecule has 1 fully saturated rings. The van der Waals surface area contributed by atoms with Crippen LogP contribution in [-0.2, 0) is 10.0 Å². The smallest absolute Gasteiger partial charge is 0.242 e. The first-order chi connectivity index (χ1) is 9.95. The highest BCUT2D eigenvalue weighted by molar-refractivity contribution is 9.10. The van der Waals surface area contributed by atoms with Gasteiger partial charge < -0.3 is 0 Å². The zero-order valence-corrected chi connectivity index (χ0v) is 15.2. The van der Waals surface area contributed by atoms with Gasteiger partial charge in [-0.1, -0.05) is 31.4 Å². The molecule has 21 heavy (non-hydrogen) atoms. The lowest BCUT2D eigenvalue weighted by Crippen LogP contribution is -2.32. The van der Waals surface area contributed by atoms with Crippen LogP contribution in [0.3, 0.4) is 0 Å². The van der Waals surface area contributed by atoms with Crippen molar-refractivity contribution in [2.45, 2.75) is 43.9 Å². The van der Waals surface area contributed by atoms with Gasteiger partial charge in [-0.3, -0.25) is 0 Å². The Hall–Kier alpha value is -0.170. The number of aromatic nitrogens is 1. The second-order valence-electron chi connectivity index (χ2n) is 5.43. The number of halogens is 2. The van der Waals surface area contributed by atoms with Crippen molar-refractivity contribution >= 4 is 37.6 Å². The van der Waals surface area contributed by atoms with E-state index in [1.807, 2.05) is 0 Å². The average molecular weight is 396 g/mol. The molecule has 0 aromatic carbocycles. The van der Waals surface area contributed by atoms with Crippen molar-refractivity contribution in [3.05, 3.63) is 21.9 Å². The lowest BCUT2D eigenvalue weighted by molar-refractivity contribution is 0.400. The van der Waals surface area contributed by atoms with Gasteiger partial charge in [0.2, 0.25) is 10.0 Å². The number of nitrogens with zero attached hydrogens (tertiary/aromatic N) is 2. The standard InChI is InChI=1S/C14H20BrClN2O2S/c1-2-4-11-5-3-7-18(8-6-11)21(19,20)13-9-12(15)10-17-14(13)16/h9-11H,2-8H2,1H3. The van der Waals surface area contributed by atoms with E-state index in [0.29, 0.717) is 23.5 Å². The number of hydrogen-bond donors (Lipinski definition) is 0. The molecule has 1 aliphatic heterocycles. The number of rotatable bonds is 4. The van der Waals surface area contributed by atoms with Gasteiger partial charge in [0.1, 0.15) is 10.0 Å². The summed E-state index contributed by atoms with van der Waals surface area (Å²) in [6, 6.07) is 1.53. The first-order valence-electron chi connectivity index (χ1n) is 7.26. The van der Waals surface area contributed by atoms with Gasteiger partial charge in [-0.25, -0.2) is 13.4 Å². The van der Waals surface area contributed by atoms with Gasteiger partial charge in [-0.15, -0.1) is 0 Å². The highest BCUT2D eigenvalue weighted by Crippen LogP contribution is 2.29. The molecule has 1 saturated heterocycles. The number of sulfonamides is 1. The zero-order valence-electron chi connectivity index (χ0n) is 12.1. The third kappa shape index (κ3) is 4.18. The van der Waals surface area contributed by atoms with E-state index in [2.05, 4.69) is 27.8 Å². The Morgan fingerprint density at radius 3 is 2.90 bits per heavy atom. The van der Waals surface area contributed by atoms with Crippen LogP contribution in [0.25, 0.3) is 0 Å². The summed E-state index contributed by atoms with van der Waals surface area (Å²) in [5.41, 5.74) is 0. The molecule has 0 amide bonds. The highest BCUT2D eigenvalue weighted by Gasteiger charge is 2.29. The van der Waals surface area contributed by atoms with Crippen molar-refractivity contribution < 1.29 is 8.42 Å². The minimum atomic E-state index is -3.57. The predicted octanol–water partition coefficient (Wildman–Crippen LogP) is 4.09. The highest BCUT2D eigenvalue weighted by atomic mass is 79.9. The predicted molar refractivity (Wildman–Crippen MR) is 88.0 cm³/mol. The molecule has 1 atom stereocenters. The van der Waals surface area contributed by atoms with Crippen molar-refractivity contribution in [2.24, 2.45) is 5.92 Å². The fourth-order valence-corrected chi connectivity index (χ4v) is 5.21. The fourth-order valence-electron chi connectivity index (χ4n) is 2.80. The normalized spacial score (nSPS) is 21.2. The van der Waals surface area contributed by atoms with Gasteiger partial charge in [-0.05, 0) is 47.2 Å². The molecule has 1 aliphatic rings. The molecule has 0 aliphatic carbocycles. The Morgan fingerprint density at radius 1 is 1.43 bits per heavy atom. The van der Waals surface area contributed by atoms with E-state index in [1.54, 1.807) is 4.31 Å². The summed E-state index contributed by atoms with van der Waals surface area (Å²) in [6.07, 6.45) is 6.76. The topological polar surface area (TPSA) is 50.3 Å². The van der Waals surface area contributed by atoms with Gasteiger partial charge >= 0.3 is 0 Å². The Morgan fingerprint density at radius 2 is 2.19 bits per heavy atom. The summed E-state index contributed by atoms with van der Waals surface area (Å²) in [6.45, 7) is 3.30. The summed E-state index contributed by atoms with van der Waals surface area (Å²) in [7, 11) is -3.57. The van der Waals surface area contributed by atoms with Crippen molar-refractivity contribution in [1.29, 1.82) is 0 Å². The van der Waals surface area contributed by atoms with Gasteiger partial charge in [-0.2, -0.15) is 4.31 Å². The van der Waals surface area contributed by atoms with E-state index in [-0.39, 0.29) is 10.0 Å². The minimum Gasteiger partial charge on any atom is -0.242 e.